The highest BCUT2D eigenvalue weighted by molar-refractivity contribution is 6.36. The zero-order valence-electron chi connectivity index (χ0n) is 47.5. The number of nitrogens with zero attached hydrogens (tertiary/aromatic N) is 8. The average Bonchev–Trinajstić information content (AvgIpc) is 4.23. The lowest BCUT2D eigenvalue weighted by Crippen LogP contribution is -2.36. The van der Waals surface area contributed by atoms with E-state index in [1.54, 1.807) is 18.7 Å². The molecule has 1 atom stereocenters. The van der Waals surface area contributed by atoms with E-state index in [-0.39, 0.29) is 23.9 Å². The fraction of sp³-hybridized carbons (Fsp3) is 0.450. The summed E-state index contributed by atoms with van der Waals surface area (Å²) in [4.78, 5) is 60.8. The Hall–Kier alpha value is -7.37. The van der Waals surface area contributed by atoms with Crippen LogP contribution < -0.4 is 5.32 Å². The number of rotatable bonds is 16. The minimum atomic E-state index is -0.551. The molecule has 77 heavy (non-hydrogen) atoms. The van der Waals surface area contributed by atoms with Gasteiger partial charge in [0.05, 0.1) is 29.0 Å². The zero-order chi connectivity index (χ0) is 55.6. The van der Waals surface area contributed by atoms with Crippen LogP contribution in [0.5, 0.6) is 0 Å². The maximum Gasteiger partial charge on any atom is 0.410 e. The summed E-state index contributed by atoms with van der Waals surface area (Å²) in [6.45, 7) is 29.2. The molecular formula is C60H78N12O5. The number of carbonyl (C=O) groups is 3. The number of ether oxygens (including phenoxy) is 2. The van der Waals surface area contributed by atoms with Gasteiger partial charge in [0.15, 0.2) is 29.4 Å². The number of aromatic nitrogens is 10. The first-order valence-electron chi connectivity index (χ1n) is 27.3. The molecule has 17 heteroatoms. The number of hydrogen-bond acceptors (Lipinski definition) is 12. The maximum absolute atomic E-state index is 12.8. The van der Waals surface area contributed by atoms with Gasteiger partial charge in [-0.05, 0) is 152 Å². The molecule has 4 N–H and O–H groups in total. The van der Waals surface area contributed by atoms with E-state index < -0.39 is 5.60 Å². The second-order valence-electron chi connectivity index (χ2n) is 20.5. The van der Waals surface area contributed by atoms with Crippen LogP contribution in [0.1, 0.15) is 146 Å². The summed E-state index contributed by atoms with van der Waals surface area (Å²) in [6.07, 6.45) is 12.8. The minimum absolute atomic E-state index is 0.0906. The van der Waals surface area contributed by atoms with Crippen molar-refractivity contribution in [3.05, 3.63) is 106 Å². The summed E-state index contributed by atoms with van der Waals surface area (Å²) < 4.78 is 13.8. The van der Waals surface area contributed by atoms with Crippen LogP contribution in [0.2, 0.25) is 0 Å². The van der Waals surface area contributed by atoms with Gasteiger partial charge in [-0.1, -0.05) is 46.8 Å². The van der Waals surface area contributed by atoms with E-state index in [0.29, 0.717) is 25.9 Å². The van der Waals surface area contributed by atoms with Gasteiger partial charge in [0, 0.05) is 90.6 Å². The van der Waals surface area contributed by atoms with Crippen molar-refractivity contribution in [1.82, 2.24) is 60.1 Å². The van der Waals surface area contributed by atoms with E-state index in [1.165, 1.54) is 11.1 Å². The maximum atomic E-state index is 12.8. The topological polar surface area (TPSA) is 215 Å². The molecule has 0 aliphatic carbocycles. The van der Waals surface area contributed by atoms with Crippen LogP contribution in [-0.4, -0.2) is 97.7 Å². The third-order valence-corrected chi connectivity index (χ3v) is 14.0. The van der Waals surface area contributed by atoms with Gasteiger partial charge in [-0.15, -0.1) is 0 Å². The molecule has 9 rings (SSSR count). The number of carbonyl (C=O) groups excluding carboxylic acids is 3. The van der Waals surface area contributed by atoms with E-state index in [4.69, 9.17) is 24.5 Å². The normalized spacial score (nSPS) is 13.5. The van der Waals surface area contributed by atoms with Crippen molar-refractivity contribution in [1.29, 1.82) is 0 Å². The summed E-state index contributed by atoms with van der Waals surface area (Å²) in [5, 5.41) is 18.2. The average molecular weight is 1050 g/mol. The highest BCUT2D eigenvalue weighted by Crippen LogP contribution is 2.37. The molecule has 2 aromatic carbocycles. The Morgan fingerprint density at radius 1 is 0.753 bits per heavy atom. The summed E-state index contributed by atoms with van der Waals surface area (Å²) in [5.41, 5.74) is 16.3. The number of H-pyrrole nitrogens is 3. The van der Waals surface area contributed by atoms with Gasteiger partial charge >= 0.3 is 6.09 Å². The molecule has 1 unspecified atom stereocenters. The van der Waals surface area contributed by atoms with Crippen LogP contribution in [0.15, 0.2) is 61.2 Å². The number of benzene rings is 2. The molecule has 1 fully saturated rings. The number of hydrogen-bond donors (Lipinski definition) is 4. The Morgan fingerprint density at radius 3 is 1.88 bits per heavy atom. The van der Waals surface area contributed by atoms with Gasteiger partial charge in [-0.25, -0.2) is 19.4 Å². The number of imidazole rings is 2. The molecular weight excluding hydrogens is 969 g/mol. The molecule has 6 aromatic heterocycles. The smallest absolute Gasteiger partial charge is 0.410 e. The van der Waals surface area contributed by atoms with Crippen molar-refractivity contribution in [3.8, 4) is 45.3 Å². The zero-order valence-corrected chi connectivity index (χ0v) is 47.5. The fourth-order valence-electron chi connectivity index (χ4n) is 9.44. The van der Waals surface area contributed by atoms with Crippen molar-refractivity contribution in [2.24, 2.45) is 0 Å². The van der Waals surface area contributed by atoms with Crippen molar-refractivity contribution in [2.75, 3.05) is 19.7 Å². The van der Waals surface area contributed by atoms with E-state index in [0.717, 1.165) is 153 Å². The van der Waals surface area contributed by atoms with Gasteiger partial charge in [-0.3, -0.25) is 24.7 Å². The number of ketones is 2. The molecule has 408 valence electrons. The number of nitrogens with one attached hydrogen (secondary N) is 4. The van der Waals surface area contributed by atoms with Crippen molar-refractivity contribution >= 4 is 39.5 Å². The molecule has 0 bridgehead atoms. The summed E-state index contributed by atoms with van der Waals surface area (Å²) >= 11 is 0. The quantitative estimate of drug-likeness (QED) is 0.0665. The first kappa shape index (κ1) is 57.3. The number of fused-ring (bicyclic) bond motifs is 2. The number of amides is 1. The SMILES string of the molecule is CCC(=O)C(=O)CC.CCNCc1cncc(-c2ccc3[nH]nc(-c4nc(CC)c(C)[nH]4)c3c2)c1C.CCc1nc(-c2nn(C3CCCCO3)c3ccc(-c4cncc(CN(CC)C(=O)OC(C)(C)C)c4C)cc23)[nH]c1C. The minimum Gasteiger partial charge on any atom is -0.444 e. The lowest BCUT2D eigenvalue weighted by atomic mass is 9.97. The van der Waals surface area contributed by atoms with Crippen LogP contribution in [0, 0.1) is 27.7 Å². The second-order valence-corrected chi connectivity index (χ2v) is 20.5. The van der Waals surface area contributed by atoms with Gasteiger partial charge < -0.3 is 29.7 Å². The van der Waals surface area contributed by atoms with Crippen molar-refractivity contribution < 1.29 is 23.9 Å². The molecule has 7 heterocycles. The van der Waals surface area contributed by atoms with Gasteiger partial charge in [0.1, 0.15) is 17.0 Å². The second kappa shape index (κ2) is 25.6. The monoisotopic (exact) mass is 1050 g/mol. The van der Waals surface area contributed by atoms with E-state index in [9.17, 15) is 14.4 Å². The Balaban J connectivity index is 0.000000206. The van der Waals surface area contributed by atoms with Gasteiger partial charge in [-0.2, -0.15) is 10.2 Å². The largest absolute Gasteiger partial charge is 0.444 e. The Kier molecular flexibility index (Phi) is 19.1. The Morgan fingerprint density at radius 2 is 1.34 bits per heavy atom. The number of Topliss-reactive ketones (excluding diaryl/α,β-unsaturated/α-hetero) is 2. The highest BCUT2D eigenvalue weighted by atomic mass is 16.6. The number of aryl methyl sites for hydroxylation is 4. The predicted molar refractivity (Wildman–Crippen MR) is 304 cm³/mol. The molecule has 1 saturated heterocycles. The van der Waals surface area contributed by atoms with Crippen LogP contribution >= 0.6 is 0 Å². The lowest BCUT2D eigenvalue weighted by molar-refractivity contribution is -0.136. The standard InChI is InChI=1S/C32H42N6O3.C22H26N6.C6H10O2/c1-8-26-21(4)34-30(35-26)29-24-16-22(13-14-27(24)38(36-29)28-12-10-11-15-40-28)25-18-33-17-23(20(25)3)19-37(9-2)31(39)41-32(5,6)7;1-5-19-14(4)25-22(26-19)21-17-9-15(7-8-20(17)27-28-21)18-12-24-11-16(13(18)3)10-23-6-2;1-3-5(7)6(8)4-2/h13-14,16-18,28H,8-12,15,19H2,1-7H3,(H,34,35);7-9,11-12,23H,5-6,10H2,1-4H3,(H,25,26)(H,27,28);3-4H2,1-2H3. The molecule has 0 saturated carbocycles. The first-order chi connectivity index (χ1) is 36.9. The molecule has 0 radical (unpaired) electrons. The summed E-state index contributed by atoms with van der Waals surface area (Å²) in [7, 11) is 0. The molecule has 0 spiro atoms. The van der Waals surface area contributed by atoms with Crippen molar-refractivity contribution in [3.63, 3.8) is 0 Å². The Labute approximate surface area is 452 Å². The molecule has 1 aliphatic rings. The highest BCUT2D eigenvalue weighted by Gasteiger charge is 2.26. The molecule has 1 amide bonds. The molecule has 8 aromatic rings. The van der Waals surface area contributed by atoms with Gasteiger partial charge in [0.2, 0.25) is 0 Å². The van der Waals surface area contributed by atoms with Crippen molar-refractivity contribution in [2.45, 2.75) is 160 Å². The predicted octanol–water partition coefficient (Wildman–Crippen LogP) is 12.4. The van der Waals surface area contributed by atoms with E-state index >= 15 is 0 Å². The van der Waals surface area contributed by atoms with E-state index in [1.807, 2.05) is 57.2 Å². The molecule has 17 nitrogen and oxygen atoms in total. The summed E-state index contributed by atoms with van der Waals surface area (Å²) in [5.74, 6) is 1.07. The van der Waals surface area contributed by atoms with Crippen LogP contribution in [0.3, 0.4) is 0 Å². The number of pyridine rings is 2. The van der Waals surface area contributed by atoms with Crippen LogP contribution in [0.25, 0.3) is 67.1 Å². The van der Waals surface area contributed by atoms with Crippen LogP contribution in [0.4, 0.5) is 4.79 Å². The summed E-state index contributed by atoms with van der Waals surface area (Å²) in [6, 6.07) is 12.8. The van der Waals surface area contributed by atoms with Crippen LogP contribution in [-0.2, 0) is 45.0 Å². The third-order valence-electron chi connectivity index (χ3n) is 14.0. The fourth-order valence-corrected chi connectivity index (χ4v) is 9.44. The van der Waals surface area contributed by atoms with Gasteiger partial charge in [0.25, 0.3) is 0 Å². The molecule has 1 aliphatic heterocycles. The third kappa shape index (κ3) is 13.4. The lowest BCUT2D eigenvalue weighted by Gasteiger charge is -2.27. The van der Waals surface area contributed by atoms with E-state index in [2.05, 4.69) is 120 Å². The first-order valence-corrected chi connectivity index (χ1v) is 27.3. The Bertz CT molecular complexity index is 3320. The number of aromatic amines is 3.